The van der Waals surface area contributed by atoms with E-state index in [0.29, 0.717) is 0 Å². The van der Waals surface area contributed by atoms with Crippen molar-refractivity contribution in [2.75, 3.05) is 11.5 Å². The van der Waals surface area contributed by atoms with Gasteiger partial charge >= 0.3 is 11.9 Å². The Balaban J connectivity index is 4.39. The van der Waals surface area contributed by atoms with Crippen molar-refractivity contribution in [1.82, 2.24) is 0 Å². The molecule has 0 aliphatic heterocycles. The predicted octanol–water partition coefficient (Wildman–Crippen LogP) is -0.0540. The van der Waals surface area contributed by atoms with E-state index in [9.17, 15) is 13.8 Å². The second-order valence-electron chi connectivity index (χ2n) is 3.86. The van der Waals surface area contributed by atoms with E-state index in [1.54, 1.807) is 6.92 Å². The number of hydrogen-bond donors (Lipinski definition) is 4. The average molecular weight is 266 g/mol. The molecule has 0 saturated heterocycles. The number of nitrogens with two attached hydrogens (primary N) is 1. The quantitative estimate of drug-likeness (QED) is 0.485. The summed E-state index contributed by atoms with van der Waals surface area (Å²) in [5.74, 6) is -3.59. The van der Waals surface area contributed by atoms with Crippen molar-refractivity contribution in [3.63, 3.8) is 0 Å². The molecule has 0 aromatic carbocycles. The molecule has 0 aliphatic rings. The molecule has 0 unspecified atom stereocenters. The first-order valence-corrected chi connectivity index (χ1v) is 7.04. The summed E-state index contributed by atoms with van der Waals surface area (Å²) >= 11 is 0. The lowest BCUT2D eigenvalue weighted by Crippen LogP contribution is -2.33. The average Bonchev–Trinajstić information content (AvgIpc) is 2.22. The Morgan fingerprint density at radius 3 is 2.24 bits per heavy atom. The second kappa shape index (κ2) is 6.55. The van der Waals surface area contributed by atoms with Crippen LogP contribution in [0.1, 0.15) is 19.8 Å². The highest BCUT2D eigenvalue weighted by atomic mass is 32.2. The van der Waals surface area contributed by atoms with Crippen LogP contribution in [0.2, 0.25) is 0 Å². The van der Waals surface area contributed by atoms with Crippen LogP contribution >= 0.6 is 0 Å². The van der Waals surface area contributed by atoms with Crippen LogP contribution in [0.5, 0.6) is 0 Å². The van der Waals surface area contributed by atoms with Crippen molar-refractivity contribution < 1.29 is 24.0 Å². The molecular formula is C9H18N2O5S. The van der Waals surface area contributed by atoms with Crippen molar-refractivity contribution >= 4 is 21.7 Å². The first kappa shape index (κ1) is 15.9. The van der Waals surface area contributed by atoms with Crippen LogP contribution in [0.25, 0.3) is 0 Å². The maximum absolute atomic E-state index is 11.7. The maximum Gasteiger partial charge on any atom is 0.320 e. The van der Waals surface area contributed by atoms with Gasteiger partial charge in [-0.25, -0.2) is 4.21 Å². The van der Waals surface area contributed by atoms with E-state index in [1.165, 1.54) is 0 Å². The van der Waals surface area contributed by atoms with Gasteiger partial charge in [-0.2, -0.15) is 0 Å². The zero-order chi connectivity index (χ0) is 13.6. The molecule has 7 nitrogen and oxygen atoms in total. The van der Waals surface area contributed by atoms with Gasteiger partial charge in [0.15, 0.2) is 0 Å². The van der Waals surface area contributed by atoms with Crippen LogP contribution in [0.3, 0.4) is 0 Å². The third-order valence-electron chi connectivity index (χ3n) is 2.39. The fourth-order valence-corrected chi connectivity index (χ4v) is 3.04. The van der Waals surface area contributed by atoms with Crippen molar-refractivity contribution in [2.24, 2.45) is 11.7 Å². The monoisotopic (exact) mass is 266 g/mol. The first-order valence-electron chi connectivity index (χ1n) is 5.15. The molecule has 8 heteroatoms. The summed E-state index contributed by atoms with van der Waals surface area (Å²) in [6.45, 7) is 1.64. The van der Waals surface area contributed by atoms with Gasteiger partial charge in [-0.05, 0) is 12.8 Å². The van der Waals surface area contributed by atoms with E-state index in [0.717, 1.165) is 0 Å². The van der Waals surface area contributed by atoms with Crippen LogP contribution in [0.15, 0.2) is 0 Å². The Morgan fingerprint density at radius 1 is 1.35 bits per heavy atom. The van der Waals surface area contributed by atoms with E-state index in [4.69, 9.17) is 20.7 Å². The molecule has 0 aromatic heterocycles. The van der Waals surface area contributed by atoms with Crippen LogP contribution in [0, 0.1) is 10.7 Å². The summed E-state index contributed by atoms with van der Waals surface area (Å²) in [6, 6.07) is -1.16. The van der Waals surface area contributed by atoms with E-state index in [1.807, 2.05) is 0 Å². The Morgan fingerprint density at radius 2 is 1.88 bits per heavy atom. The fraction of sp³-hybridized carbons (Fsp3) is 0.778. The van der Waals surface area contributed by atoms with Gasteiger partial charge in [0.25, 0.3) is 0 Å². The molecule has 0 saturated carbocycles. The van der Waals surface area contributed by atoms with Crippen LogP contribution in [-0.4, -0.2) is 43.9 Å². The van der Waals surface area contributed by atoms with Crippen LogP contribution in [-0.2, 0) is 19.3 Å². The number of nitrogens with one attached hydrogen (secondary N) is 1. The molecule has 0 radical (unpaired) electrons. The lowest BCUT2D eigenvalue weighted by atomic mass is 10.1. The number of rotatable bonds is 8. The highest BCUT2D eigenvalue weighted by molar-refractivity contribution is 7.92. The SMILES string of the molecule is CC[C@@H](C[S@](=N)(=O)CC[C@H](N)C(=O)O)C(=O)O. The normalized spacial score (nSPS) is 18.0. The molecule has 0 spiro atoms. The van der Waals surface area contributed by atoms with Gasteiger partial charge in [-0.3, -0.25) is 14.4 Å². The minimum absolute atomic E-state index is 0.0896. The predicted molar refractivity (Wildman–Crippen MR) is 62.2 cm³/mol. The van der Waals surface area contributed by atoms with Crippen molar-refractivity contribution in [3.8, 4) is 0 Å². The number of hydrogen-bond acceptors (Lipinski definition) is 5. The zero-order valence-corrected chi connectivity index (χ0v) is 10.4. The summed E-state index contributed by atoms with van der Waals surface area (Å²) in [7, 11) is -3.09. The molecule has 0 heterocycles. The van der Waals surface area contributed by atoms with Crippen molar-refractivity contribution in [2.45, 2.75) is 25.8 Å². The molecule has 0 bridgehead atoms. The van der Waals surface area contributed by atoms with Gasteiger partial charge in [0.2, 0.25) is 0 Å². The van der Waals surface area contributed by atoms with E-state index in [2.05, 4.69) is 0 Å². The lowest BCUT2D eigenvalue weighted by Gasteiger charge is -2.13. The van der Waals surface area contributed by atoms with Gasteiger partial charge in [0, 0.05) is 21.2 Å². The van der Waals surface area contributed by atoms with Gasteiger partial charge in [-0.1, -0.05) is 6.92 Å². The molecule has 0 fully saturated rings. The molecule has 17 heavy (non-hydrogen) atoms. The summed E-state index contributed by atoms with van der Waals surface area (Å²) in [6.07, 6.45) is 0.198. The van der Waals surface area contributed by atoms with Crippen LogP contribution < -0.4 is 5.73 Å². The number of carboxylic acids is 2. The number of aliphatic carboxylic acids is 2. The lowest BCUT2D eigenvalue weighted by molar-refractivity contribution is -0.141. The van der Waals surface area contributed by atoms with E-state index in [-0.39, 0.29) is 24.3 Å². The van der Waals surface area contributed by atoms with Gasteiger partial charge < -0.3 is 15.9 Å². The van der Waals surface area contributed by atoms with E-state index >= 15 is 0 Å². The molecule has 5 N–H and O–H groups in total. The van der Waals surface area contributed by atoms with Gasteiger partial charge in [0.05, 0.1) is 5.92 Å². The minimum Gasteiger partial charge on any atom is -0.481 e. The summed E-state index contributed by atoms with van der Waals surface area (Å²) in [4.78, 5) is 21.2. The van der Waals surface area contributed by atoms with Gasteiger partial charge in [0.1, 0.15) is 6.04 Å². The Labute approximate surface area is 100.0 Å². The highest BCUT2D eigenvalue weighted by Gasteiger charge is 2.22. The Hall–Kier alpha value is -1.15. The fourth-order valence-electron chi connectivity index (χ4n) is 1.21. The first-order chi connectivity index (χ1) is 7.69. The topological polar surface area (TPSA) is 142 Å². The molecule has 0 aliphatic carbocycles. The Bertz CT molecular complexity index is 379. The molecule has 0 aromatic rings. The van der Waals surface area contributed by atoms with Gasteiger partial charge in [-0.15, -0.1) is 0 Å². The van der Waals surface area contributed by atoms with Crippen molar-refractivity contribution in [1.29, 1.82) is 4.78 Å². The maximum atomic E-state index is 11.7. The summed E-state index contributed by atoms with van der Waals surface area (Å²) < 4.78 is 19.2. The molecule has 3 atom stereocenters. The summed E-state index contributed by atoms with van der Waals surface area (Å²) in [5, 5.41) is 17.3. The smallest absolute Gasteiger partial charge is 0.320 e. The zero-order valence-electron chi connectivity index (χ0n) is 9.59. The third-order valence-corrected chi connectivity index (χ3v) is 4.22. The molecule has 0 amide bonds. The summed E-state index contributed by atoms with van der Waals surface area (Å²) in [5.41, 5.74) is 5.22. The second-order valence-corrected chi connectivity index (χ2v) is 6.22. The highest BCUT2D eigenvalue weighted by Crippen LogP contribution is 2.10. The third kappa shape index (κ3) is 6.22. The van der Waals surface area contributed by atoms with Crippen LogP contribution in [0.4, 0.5) is 0 Å². The number of carbonyl (C=O) groups is 2. The Kier molecular flexibility index (Phi) is 6.11. The molecule has 100 valence electrons. The van der Waals surface area contributed by atoms with Crippen molar-refractivity contribution in [3.05, 3.63) is 0 Å². The molecular weight excluding hydrogens is 248 g/mol. The number of carboxylic acid groups (broad SMARTS) is 2. The minimum atomic E-state index is -3.09. The van der Waals surface area contributed by atoms with E-state index < -0.39 is 33.6 Å². The molecule has 0 rings (SSSR count). The standard InChI is InChI=1S/C9H18N2O5S/c1-2-6(8(12)13)5-17(11,16)4-3-7(10)9(14)15/h6-7,11H,2-5,10H2,1H3,(H,12,13)(H,14,15)/t6-,7-,17+/m0/s1. The largest absolute Gasteiger partial charge is 0.481 e.